The van der Waals surface area contributed by atoms with Gasteiger partial charge >= 0.3 is 12.0 Å². The van der Waals surface area contributed by atoms with E-state index in [1.165, 1.54) is 6.42 Å². The SMILES string of the molecule is CC1CCCCC1N(C)C(=O)N1CCCCC1C(=O)O. The fourth-order valence-corrected chi connectivity index (χ4v) is 3.63. The van der Waals surface area contributed by atoms with Crippen molar-refractivity contribution in [3.8, 4) is 0 Å². The number of urea groups is 1. The number of rotatable bonds is 2. The number of amides is 2. The van der Waals surface area contributed by atoms with E-state index in [-0.39, 0.29) is 12.1 Å². The monoisotopic (exact) mass is 282 g/mol. The van der Waals surface area contributed by atoms with Gasteiger partial charge in [-0.25, -0.2) is 9.59 Å². The zero-order valence-electron chi connectivity index (χ0n) is 12.5. The fourth-order valence-electron chi connectivity index (χ4n) is 3.63. The van der Waals surface area contributed by atoms with E-state index in [0.717, 1.165) is 32.1 Å². The van der Waals surface area contributed by atoms with Gasteiger partial charge in [-0.1, -0.05) is 19.8 Å². The Morgan fingerprint density at radius 2 is 1.75 bits per heavy atom. The van der Waals surface area contributed by atoms with Gasteiger partial charge in [0, 0.05) is 19.6 Å². The first-order chi connectivity index (χ1) is 9.52. The molecular formula is C15H26N2O3. The second kappa shape index (κ2) is 6.46. The Hall–Kier alpha value is -1.26. The van der Waals surface area contributed by atoms with Crippen LogP contribution < -0.4 is 0 Å². The molecule has 5 nitrogen and oxygen atoms in total. The number of hydrogen-bond donors (Lipinski definition) is 1. The Morgan fingerprint density at radius 1 is 1.10 bits per heavy atom. The van der Waals surface area contributed by atoms with Gasteiger partial charge in [-0.2, -0.15) is 0 Å². The third-order valence-electron chi connectivity index (χ3n) is 4.90. The highest BCUT2D eigenvalue weighted by Crippen LogP contribution is 2.29. The maximum atomic E-state index is 12.6. The van der Waals surface area contributed by atoms with Crippen molar-refractivity contribution < 1.29 is 14.7 Å². The molecule has 2 aliphatic rings. The van der Waals surface area contributed by atoms with Gasteiger partial charge in [0.05, 0.1) is 0 Å². The van der Waals surface area contributed by atoms with Gasteiger partial charge in [-0.15, -0.1) is 0 Å². The number of likely N-dealkylation sites (tertiary alicyclic amines) is 1. The Labute approximate surface area is 120 Å². The first kappa shape index (κ1) is 15.1. The Kier molecular flexibility index (Phi) is 4.89. The van der Waals surface area contributed by atoms with Crippen molar-refractivity contribution in [2.24, 2.45) is 5.92 Å². The van der Waals surface area contributed by atoms with Crippen LogP contribution >= 0.6 is 0 Å². The molecular weight excluding hydrogens is 256 g/mol. The normalized spacial score (nSPS) is 30.9. The van der Waals surface area contributed by atoms with Crippen LogP contribution in [0.15, 0.2) is 0 Å². The molecule has 5 heteroatoms. The van der Waals surface area contributed by atoms with E-state index >= 15 is 0 Å². The van der Waals surface area contributed by atoms with E-state index in [1.54, 1.807) is 9.80 Å². The van der Waals surface area contributed by atoms with Crippen LogP contribution in [0.3, 0.4) is 0 Å². The van der Waals surface area contributed by atoms with Crippen molar-refractivity contribution in [3.63, 3.8) is 0 Å². The van der Waals surface area contributed by atoms with Crippen LogP contribution in [0.5, 0.6) is 0 Å². The smallest absolute Gasteiger partial charge is 0.326 e. The number of nitrogens with zero attached hydrogens (tertiary/aromatic N) is 2. The molecule has 0 bridgehead atoms. The van der Waals surface area contributed by atoms with Gasteiger partial charge < -0.3 is 14.9 Å². The molecule has 0 aromatic rings. The lowest BCUT2D eigenvalue weighted by molar-refractivity contribution is -0.143. The fraction of sp³-hybridized carbons (Fsp3) is 0.867. The topological polar surface area (TPSA) is 60.9 Å². The van der Waals surface area contributed by atoms with Crippen LogP contribution in [0, 0.1) is 5.92 Å². The summed E-state index contributed by atoms with van der Waals surface area (Å²) in [6, 6.07) is -0.485. The molecule has 3 atom stereocenters. The number of carboxylic acids is 1. The summed E-state index contributed by atoms with van der Waals surface area (Å²) in [4.78, 5) is 27.3. The molecule has 1 aliphatic heterocycles. The maximum absolute atomic E-state index is 12.6. The van der Waals surface area contributed by atoms with Gasteiger partial charge in [-0.3, -0.25) is 0 Å². The Balaban J connectivity index is 2.06. The van der Waals surface area contributed by atoms with Crippen molar-refractivity contribution in [2.45, 2.75) is 64.0 Å². The lowest BCUT2D eigenvalue weighted by Crippen LogP contribution is -2.55. The molecule has 20 heavy (non-hydrogen) atoms. The van der Waals surface area contributed by atoms with E-state index < -0.39 is 12.0 Å². The average Bonchev–Trinajstić information content (AvgIpc) is 2.46. The summed E-state index contributed by atoms with van der Waals surface area (Å²) in [5.74, 6) is -0.367. The average molecular weight is 282 g/mol. The summed E-state index contributed by atoms with van der Waals surface area (Å²) in [5, 5.41) is 9.29. The van der Waals surface area contributed by atoms with Gasteiger partial charge in [0.15, 0.2) is 0 Å². The van der Waals surface area contributed by atoms with Gasteiger partial charge in [0.1, 0.15) is 6.04 Å². The molecule has 1 saturated heterocycles. The van der Waals surface area contributed by atoms with Crippen molar-refractivity contribution in [3.05, 3.63) is 0 Å². The van der Waals surface area contributed by atoms with Gasteiger partial charge in [0.2, 0.25) is 0 Å². The highest BCUT2D eigenvalue weighted by atomic mass is 16.4. The second-order valence-electron chi connectivity index (χ2n) is 6.27. The van der Waals surface area contributed by atoms with Crippen molar-refractivity contribution in [2.75, 3.05) is 13.6 Å². The zero-order valence-corrected chi connectivity index (χ0v) is 12.5. The summed E-state index contributed by atoms with van der Waals surface area (Å²) in [6.07, 6.45) is 6.97. The molecule has 0 aromatic heterocycles. The molecule has 3 unspecified atom stereocenters. The van der Waals surface area contributed by atoms with Crippen molar-refractivity contribution >= 4 is 12.0 Å². The maximum Gasteiger partial charge on any atom is 0.326 e. The molecule has 0 aromatic carbocycles. The molecule has 2 fully saturated rings. The Bertz CT molecular complexity index is 372. The first-order valence-electron chi connectivity index (χ1n) is 7.78. The summed E-state index contributed by atoms with van der Waals surface area (Å²) in [7, 11) is 1.84. The second-order valence-corrected chi connectivity index (χ2v) is 6.27. The minimum atomic E-state index is -0.872. The summed E-state index contributed by atoms with van der Waals surface area (Å²) in [6.45, 7) is 2.76. The summed E-state index contributed by atoms with van der Waals surface area (Å²) in [5.41, 5.74) is 0. The molecule has 0 radical (unpaired) electrons. The number of carbonyl (C=O) groups is 2. The van der Waals surface area contributed by atoms with E-state index in [0.29, 0.717) is 18.9 Å². The van der Waals surface area contributed by atoms with Crippen LogP contribution in [0.2, 0.25) is 0 Å². The number of carboxylic acid groups (broad SMARTS) is 1. The van der Waals surface area contributed by atoms with Crippen LogP contribution in [0.4, 0.5) is 4.79 Å². The largest absolute Gasteiger partial charge is 0.480 e. The van der Waals surface area contributed by atoms with E-state index in [2.05, 4.69) is 6.92 Å². The van der Waals surface area contributed by atoms with Gasteiger partial charge in [-0.05, 0) is 38.0 Å². The highest BCUT2D eigenvalue weighted by Gasteiger charge is 2.36. The predicted octanol–water partition coefficient (Wildman–Crippen LogP) is 2.56. The lowest BCUT2D eigenvalue weighted by atomic mass is 9.85. The number of carbonyl (C=O) groups excluding carboxylic acids is 1. The lowest BCUT2D eigenvalue weighted by Gasteiger charge is -2.41. The van der Waals surface area contributed by atoms with Gasteiger partial charge in [0.25, 0.3) is 0 Å². The van der Waals surface area contributed by atoms with E-state index in [1.807, 2.05) is 7.05 Å². The highest BCUT2D eigenvalue weighted by molar-refractivity contribution is 5.83. The molecule has 114 valence electrons. The molecule has 1 aliphatic carbocycles. The minimum Gasteiger partial charge on any atom is -0.480 e. The summed E-state index contributed by atoms with van der Waals surface area (Å²) >= 11 is 0. The Morgan fingerprint density at radius 3 is 2.40 bits per heavy atom. The third kappa shape index (κ3) is 3.07. The molecule has 2 amide bonds. The van der Waals surface area contributed by atoms with E-state index in [4.69, 9.17) is 0 Å². The first-order valence-corrected chi connectivity index (χ1v) is 7.78. The van der Waals surface area contributed by atoms with Crippen LogP contribution in [0.25, 0.3) is 0 Å². The van der Waals surface area contributed by atoms with Crippen LogP contribution in [0.1, 0.15) is 51.9 Å². The third-order valence-corrected chi connectivity index (χ3v) is 4.90. The van der Waals surface area contributed by atoms with E-state index in [9.17, 15) is 14.7 Å². The molecule has 1 heterocycles. The quantitative estimate of drug-likeness (QED) is 0.846. The molecule has 1 saturated carbocycles. The standard InChI is InChI=1S/C15H26N2O3/c1-11-7-3-4-8-12(11)16(2)15(20)17-10-6-5-9-13(17)14(18)19/h11-13H,3-10H2,1-2H3,(H,18,19). The van der Waals surface area contributed by atoms with Crippen molar-refractivity contribution in [1.82, 2.24) is 9.80 Å². The summed E-state index contributed by atoms with van der Waals surface area (Å²) < 4.78 is 0. The van der Waals surface area contributed by atoms with Crippen LogP contribution in [-0.2, 0) is 4.79 Å². The predicted molar refractivity (Wildman–Crippen MR) is 76.6 cm³/mol. The van der Waals surface area contributed by atoms with Crippen molar-refractivity contribution in [1.29, 1.82) is 0 Å². The van der Waals surface area contributed by atoms with Crippen LogP contribution in [-0.4, -0.2) is 52.6 Å². The minimum absolute atomic E-state index is 0.101. The molecule has 1 N–H and O–H groups in total. The molecule has 0 spiro atoms. The number of aliphatic carboxylic acids is 1. The molecule has 2 rings (SSSR count). The number of piperidine rings is 1. The number of hydrogen-bond acceptors (Lipinski definition) is 2. The zero-order chi connectivity index (χ0) is 14.7.